The Labute approximate surface area is 220 Å². The maximum Gasteiger partial charge on any atom is 0.332 e. The zero-order valence-electron chi connectivity index (χ0n) is 22.0. The van der Waals surface area contributed by atoms with Gasteiger partial charge in [-0.05, 0) is 38.8 Å². The Morgan fingerprint density at radius 2 is 1.92 bits per heavy atom. The molecule has 0 amide bonds. The van der Waals surface area contributed by atoms with Crippen molar-refractivity contribution in [3.8, 4) is 0 Å². The largest absolute Gasteiger partial charge is 0.397 e. The Balaban J connectivity index is 1.88. The van der Waals surface area contributed by atoms with Crippen LogP contribution in [0.15, 0.2) is 44.3 Å². The molecule has 3 aromatic rings. The average molecular weight is 544 g/mol. The lowest BCUT2D eigenvalue weighted by Gasteiger charge is -2.31. The predicted molar refractivity (Wildman–Crippen MR) is 146 cm³/mol. The summed E-state index contributed by atoms with van der Waals surface area (Å²) in [5.74, 6) is -0.127. The molecule has 0 aliphatic carbocycles. The number of nitrogen functional groups attached to an aromatic ring is 1. The minimum atomic E-state index is -3.69. The van der Waals surface area contributed by atoms with Crippen LogP contribution in [0.5, 0.6) is 0 Å². The van der Waals surface area contributed by atoms with Gasteiger partial charge in [-0.15, -0.1) is 0 Å². The Hall–Kier alpha value is -3.71. The Bertz CT molecular complexity index is 1680. The van der Waals surface area contributed by atoms with E-state index in [4.69, 9.17) is 11.5 Å². The van der Waals surface area contributed by atoms with E-state index < -0.39 is 33.4 Å². The van der Waals surface area contributed by atoms with Crippen molar-refractivity contribution < 1.29 is 13.2 Å². The molecule has 0 bridgehead atoms. The first-order valence-electron chi connectivity index (χ1n) is 12.3. The van der Waals surface area contributed by atoms with Crippen molar-refractivity contribution in [2.24, 2.45) is 12.8 Å². The van der Waals surface area contributed by atoms with Crippen LogP contribution in [0.4, 0.5) is 11.6 Å². The van der Waals surface area contributed by atoms with Crippen LogP contribution >= 0.6 is 0 Å². The molecule has 4 N–H and O–H groups in total. The van der Waals surface area contributed by atoms with Crippen molar-refractivity contribution in [1.29, 1.82) is 0 Å². The molecule has 13 heteroatoms. The van der Waals surface area contributed by atoms with E-state index in [-0.39, 0.29) is 33.4 Å². The molecular weight excluding hydrogens is 510 g/mol. The number of benzene rings is 1. The fourth-order valence-corrected chi connectivity index (χ4v) is 5.55. The van der Waals surface area contributed by atoms with Crippen molar-refractivity contribution in [1.82, 2.24) is 18.7 Å². The first-order chi connectivity index (χ1) is 17.8. The predicted octanol–water partition coefficient (Wildman–Crippen LogP) is 0.659. The molecule has 3 heterocycles. The highest BCUT2D eigenvalue weighted by Gasteiger charge is 2.27. The number of para-hydroxylation sites is 1. The van der Waals surface area contributed by atoms with E-state index in [0.717, 1.165) is 29.2 Å². The second-order valence-corrected chi connectivity index (χ2v) is 12.0. The van der Waals surface area contributed by atoms with Gasteiger partial charge in [0.15, 0.2) is 26.8 Å². The maximum absolute atomic E-state index is 13.8. The van der Waals surface area contributed by atoms with E-state index in [1.165, 1.54) is 29.8 Å². The highest BCUT2D eigenvalue weighted by atomic mass is 32.2. The van der Waals surface area contributed by atoms with E-state index in [0.29, 0.717) is 25.6 Å². The van der Waals surface area contributed by atoms with E-state index >= 15 is 0 Å². The summed E-state index contributed by atoms with van der Waals surface area (Å²) in [6.07, 6.45) is 4.70. The summed E-state index contributed by atoms with van der Waals surface area (Å²) < 4.78 is 28.0. The molecule has 1 aliphatic heterocycles. The third kappa shape index (κ3) is 5.03. The van der Waals surface area contributed by atoms with Gasteiger partial charge in [-0.3, -0.25) is 18.7 Å². The number of aryl methyl sites for hydroxylation is 1. The number of sulfone groups is 1. The number of aromatic nitrogens is 4. The lowest BCUT2D eigenvalue weighted by molar-refractivity contribution is 0.0969. The van der Waals surface area contributed by atoms with Gasteiger partial charge in [-0.25, -0.2) is 13.2 Å². The summed E-state index contributed by atoms with van der Waals surface area (Å²) >= 11 is 0. The maximum atomic E-state index is 13.8. The number of allylic oxidation sites excluding steroid dienone is 2. The van der Waals surface area contributed by atoms with Crippen molar-refractivity contribution in [3.63, 3.8) is 0 Å². The van der Waals surface area contributed by atoms with Crippen LogP contribution in [0.2, 0.25) is 0 Å². The number of anilines is 2. The number of fused-ring (bicyclic) bond motifs is 1. The molecule has 0 saturated carbocycles. The van der Waals surface area contributed by atoms with E-state index in [1.807, 2.05) is 24.8 Å². The number of piperidine rings is 1. The van der Waals surface area contributed by atoms with Gasteiger partial charge in [0.1, 0.15) is 0 Å². The summed E-state index contributed by atoms with van der Waals surface area (Å²) in [5, 5.41) is 0. The number of hydrogen-bond donors (Lipinski definition) is 2. The lowest BCUT2D eigenvalue weighted by atomic mass is 10.1. The number of carbonyl (C=O) groups is 1. The zero-order valence-corrected chi connectivity index (χ0v) is 22.8. The van der Waals surface area contributed by atoms with Crippen LogP contribution in [0.1, 0.15) is 37.0 Å². The quantitative estimate of drug-likeness (QED) is 0.247. The summed E-state index contributed by atoms with van der Waals surface area (Å²) in [5.41, 5.74) is 11.9. The van der Waals surface area contributed by atoms with E-state index in [2.05, 4.69) is 4.98 Å². The molecule has 4 rings (SSSR count). The van der Waals surface area contributed by atoms with Gasteiger partial charge in [-0.2, -0.15) is 4.98 Å². The average Bonchev–Trinajstić information content (AvgIpc) is 3.23. The molecule has 1 atom stereocenters. The molecule has 38 heavy (non-hydrogen) atoms. The van der Waals surface area contributed by atoms with Crippen LogP contribution in [0, 0.1) is 0 Å². The molecule has 0 spiro atoms. The second-order valence-electron chi connectivity index (χ2n) is 9.97. The molecule has 1 unspecified atom stereocenters. The molecule has 2 aromatic heterocycles. The second kappa shape index (κ2) is 10.2. The third-order valence-electron chi connectivity index (χ3n) is 6.70. The number of nitrogens with two attached hydrogens (primary N) is 2. The highest BCUT2D eigenvalue weighted by Crippen LogP contribution is 2.25. The monoisotopic (exact) mass is 543 g/mol. The minimum absolute atomic E-state index is 0.0354. The molecular formula is C25H33N7O5S. The van der Waals surface area contributed by atoms with Crippen molar-refractivity contribution in [2.45, 2.75) is 50.7 Å². The zero-order chi connectivity index (χ0) is 27.9. The van der Waals surface area contributed by atoms with Gasteiger partial charge < -0.3 is 20.9 Å². The van der Waals surface area contributed by atoms with Crippen LogP contribution in [0.25, 0.3) is 11.2 Å². The van der Waals surface area contributed by atoms with Gasteiger partial charge in [0.2, 0.25) is 5.95 Å². The number of carbonyl (C=O) groups excluding carboxylic acids is 1. The topological polar surface area (TPSA) is 168 Å². The van der Waals surface area contributed by atoms with Crippen LogP contribution in [-0.4, -0.2) is 58.3 Å². The number of hydrogen-bond acceptors (Lipinski definition) is 9. The molecule has 12 nitrogen and oxygen atoms in total. The third-order valence-corrected chi connectivity index (χ3v) is 7.86. The Kier molecular flexibility index (Phi) is 7.35. The lowest BCUT2D eigenvalue weighted by Crippen LogP contribution is -2.44. The Morgan fingerprint density at radius 1 is 1.21 bits per heavy atom. The van der Waals surface area contributed by atoms with Gasteiger partial charge in [0.05, 0.1) is 17.1 Å². The van der Waals surface area contributed by atoms with E-state index in [9.17, 15) is 22.8 Å². The number of rotatable bonds is 7. The van der Waals surface area contributed by atoms with Crippen molar-refractivity contribution >= 4 is 38.4 Å². The number of imidazole rings is 1. The SMILES string of the molecule is CC(C)=CCn1c(N2CCCC(N)C2)nc2c1c(=O)n(CC(=O)c1cccc(S(C)(=O)=O)c1N)c(=O)n2C. The molecule has 1 fully saturated rings. The standard InChI is InChI=1S/C25H33N7O5S/c1-15(2)10-12-31-21-22(28-24(31)30-11-6-7-16(26)13-30)29(3)25(35)32(23(21)34)14-18(33)17-8-5-9-19(20(17)27)38(4,36)37/h5,8-10,16H,6-7,11-14,26-27H2,1-4H3. The number of ketones is 1. The fraction of sp³-hybridized carbons (Fsp3) is 0.440. The van der Waals surface area contributed by atoms with Gasteiger partial charge >= 0.3 is 5.69 Å². The normalized spacial score (nSPS) is 16.1. The number of Topliss-reactive ketones (excluding diaryl/α,β-unsaturated/α-hetero) is 1. The minimum Gasteiger partial charge on any atom is -0.397 e. The van der Waals surface area contributed by atoms with Gasteiger partial charge in [-0.1, -0.05) is 17.7 Å². The highest BCUT2D eigenvalue weighted by molar-refractivity contribution is 7.90. The molecule has 204 valence electrons. The summed E-state index contributed by atoms with van der Waals surface area (Å²) in [4.78, 5) is 46.7. The fourth-order valence-electron chi connectivity index (χ4n) is 4.72. The van der Waals surface area contributed by atoms with Gasteiger partial charge in [0.25, 0.3) is 5.56 Å². The van der Waals surface area contributed by atoms with Crippen LogP contribution in [-0.2, 0) is 30.0 Å². The first kappa shape index (κ1) is 27.3. The molecule has 1 aromatic carbocycles. The molecule has 0 radical (unpaired) electrons. The van der Waals surface area contributed by atoms with E-state index in [1.54, 1.807) is 4.57 Å². The first-order valence-corrected chi connectivity index (χ1v) is 14.2. The molecule has 1 saturated heterocycles. The van der Waals surface area contributed by atoms with Crippen LogP contribution < -0.4 is 27.6 Å². The molecule has 1 aliphatic rings. The van der Waals surface area contributed by atoms with Crippen molar-refractivity contribution in [2.75, 3.05) is 30.0 Å². The summed E-state index contributed by atoms with van der Waals surface area (Å²) in [6, 6.07) is 4.03. The smallest absolute Gasteiger partial charge is 0.332 e. The van der Waals surface area contributed by atoms with Crippen molar-refractivity contribution in [3.05, 3.63) is 56.2 Å². The summed E-state index contributed by atoms with van der Waals surface area (Å²) in [7, 11) is -2.19. The summed E-state index contributed by atoms with van der Waals surface area (Å²) in [6.45, 7) is 4.88. The van der Waals surface area contributed by atoms with Crippen LogP contribution in [0.3, 0.4) is 0 Å². The van der Waals surface area contributed by atoms with Gasteiger partial charge in [0, 0.05) is 44.5 Å². The Morgan fingerprint density at radius 3 is 2.55 bits per heavy atom. The number of nitrogens with zero attached hydrogens (tertiary/aromatic N) is 5.